The second-order valence-electron chi connectivity index (χ2n) is 5.51. The molecule has 0 N–H and O–H groups in total. The number of rotatable bonds is 3. The Morgan fingerprint density at radius 1 is 0.789 bits per heavy atom. The van der Waals surface area contributed by atoms with Crippen LogP contribution in [0.4, 0.5) is 0 Å². The fourth-order valence-electron chi connectivity index (χ4n) is 2.11. The molecular formula is C18H22O. The summed E-state index contributed by atoms with van der Waals surface area (Å²) in [6.07, 6.45) is 0. The first-order chi connectivity index (χ1) is 8.97. The van der Waals surface area contributed by atoms with E-state index >= 15 is 0 Å². The Morgan fingerprint density at radius 3 is 1.79 bits per heavy atom. The van der Waals surface area contributed by atoms with E-state index < -0.39 is 0 Å². The molecule has 0 fully saturated rings. The predicted octanol–water partition coefficient (Wildman–Crippen LogP) is 5.53. The van der Waals surface area contributed by atoms with Gasteiger partial charge in [0.1, 0.15) is 11.5 Å². The summed E-state index contributed by atoms with van der Waals surface area (Å²) in [6.45, 7) is 10.8. The molecule has 0 atom stereocenters. The van der Waals surface area contributed by atoms with E-state index in [4.69, 9.17) is 4.74 Å². The lowest BCUT2D eigenvalue weighted by Gasteiger charge is -2.11. The third kappa shape index (κ3) is 3.17. The molecule has 2 rings (SSSR count). The molecule has 0 aromatic heterocycles. The molecule has 0 saturated carbocycles. The molecule has 0 bridgehead atoms. The molecule has 0 amide bonds. The molecule has 100 valence electrons. The Morgan fingerprint density at radius 2 is 1.32 bits per heavy atom. The highest BCUT2D eigenvalue weighted by Gasteiger charge is 2.04. The Labute approximate surface area is 116 Å². The number of hydrogen-bond acceptors (Lipinski definition) is 1. The summed E-state index contributed by atoms with van der Waals surface area (Å²) in [7, 11) is 0. The van der Waals surface area contributed by atoms with E-state index in [1.165, 1.54) is 22.3 Å². The quantitative estimate of drug-likeness (QED) is 0.700. The highest BCUT2D eigenvalue weighted by molar-refractivity contribution is 5.42. The largest absolute Gasteiger partial charge is 0.457 e. The molecular weight excluding hydrogens is 232 g/mol. The van der Waals surface area contributed by atoms with E-state index in [1.54, 1.807) is 0 Å². The lowest BCUT2D eigenvalue weighted by Crippen LogP contribution is -1.91. The van der Waals surface area contributed by atoms with Crippen LogP contribution in [0.1, 0.15) is 42.0 Å². The van der Waals surface area contributed by atoms with Crippen molar-refractivity contribution in [3.63, 3.8) is 0 Å². The number of ether oxygens (including phenoxy) is 1. The van der Waals surface area contributed by atoms with Crippen LogP contribution < -0.4 is 4.74 Å². The van der Waals surface area contributed by atoms with E-state index in [1.807, 2.05) is 12.1 Å². The van der Waals surface area contributed by atoms with Gasteiger partial charge in [0.2, 0.25) is 0 Å². The van der Waals surface area contributed by atoms with Gasteiger partial charge in [-0.15, -0.1) is 0 Å². The third-order valence-corrected chi connectivity index (χ3v) is 3.68. The summed E-state index contributed by atoms with van der Waals surface area (Å²) in [5.74, 6) is 2.36. The van der Waals surface area contributed by atoms with Crippen molar-refractivity contribution in [2.75, 3.05) is 0 Å². The molecule has 0 radical (unpaired) electrons. The van der Waals surface area contributed by atoms with Gasteiger partial charge in [0, 0.05) is 0 Å². The van der Waals surface area contributed by atoms with Gasteiger partial charge in [0.25, 0.3) is 0 Å². The van der Waals surface area contributed by atoms with Crippen LogP contribution in [0, 0.1) is 20.8 Å². The van der Waals surface area contributed by atoms with Gasteiger partial charge in [-0.25, -0.2) is 0 Å². The lowest BCUT2D eigenvalue weighted by molar-refractivity contribution is 0.481. The van der Waals surface area contributed by atoms with Crippen LogP contribution in [0.2, 0.25) is 0 Å². The molecule has 0 spiro atoms. The highest BCUT2D eigenvalue weighted by atomic mass is 16.5. The maximum atomic E-state index is 5.93. The van der Waals surface area contributed by atoms with Crippen molar-refractivity contribution in [1.82, 2.24) is 0 Å². The predicted molar refractivity (Wildman–Crippen MR) is 81.3 cm³/mol. The minimum Gasteiger partial charge on any atom is -0.457 e. The van der Waals surface area contributed by atoms with Gasteiger partial charge in [-0.05, 0) is 73.2 Å². The number of benzene rings is 2. The van der Waals surface area contributed by atoms with Crippen molar-refractivity contribution in [3.05, 3.63) is 58.7 Å². The van der Waals surface area contributed by atoms with Gasteiger partial charge in [-0.1, -0.05) is 26.0 Å². The normalized spacial score (nSPS) is 10.8. The maximum Gasteiger partial charge on any atom is 0.127 e. The molecule has 0 saturated heterocycles. The minimum absolute atomic E-state index is 0.554. The van der Waals surface area contributed by atoms with Crippen LogP contribution in [0.3, 0.4) is 0 Å². The SMILES string of the molecule is Cc1cc(Oc2ccc(C(C)C)cc2)cc(C)c1C. The van der Waals surface area contributed by atoms with Gasteiger partial charge < -0.3 is 4.74 Å². The minimum atomic E-state index is 0.554. The monoisotopic (exact) mass is 254 g/mol. The fourth-order valence-corrected chi connectivity index (χ4v) is 2.11. The lowest BCUT2D eigenvalue weighted by atomic mass is 10.0. The first-order valence-corrected chi connectivity index (χ1v) is 6.83. The summed E-state index contributed by atoms with van der Waals surface area (Å²) in [5, 5.41) is 0. The first-order valence-electron chi connectivity index (χ1n) is 6.83. The van der Waals surface area contributed by atoms with Gasteiger partial charge in [0.15, 0.2) is 0 Å². The zero-order valence-corrected chi connectivity index (χ0v) is 12.4. The van der Waals surface area contributed by atoms with Crippen LogP contribution in [-0.2, 0) is 0 Å². The molecule has 0 unspecified atom stereocenters. The van der Waals surface area contributed by atoms with E-state index in [-0.39, 0.29) is 0 Å². The topological polar surface area (TPSA) is 9.23 Å². The van der Waals surface area contributed by atoms with Crippen LogP contribution in [-0.4, -0.2) is 0 Å². The summed E-state index contributed by atoms with van der Waals surface area (Å²) in [5.41, 5.74) is 5.22. The van der Waals surface area contributed by atoms with Crippen molar-refractivity contribution < 1.29 is 4.74 Å². The molecule has 0 aliphatic rings. The van der Waals surface area contributed by atoms with Gasteiger partial charge in [-0.2, -0.15) is 0 Å². The smallest absolute Gasteiger partial charge is 0.127 e. The fraction of sp³-hybridized carbons (Fsp3) is 0.333. The van der Waals surface area contributed by atoms with Crippen LogP contribution in [0.25, 0.3) is 0 Å². The third-order valence-electron chi connectivity index (χ3n) is 3.68. The van der Waals surface area contributed by atoms with Crippen LogP contribution in [0.5, 0.6) is 11.5 Å². The molecule has 0 aliphatic carbocycles. The van der Waals surface area contributed by atoms with Crippen molar-refractivity contribution >= 4 is 0 Å². The van der Waals surface area contributed by atoms with Crippen LogP contribution >= 0.6 is 0 Å². The van der Waals surface area contributed by atoms with Gasteiger partial charge >= 0.3 is 0 Å². The second kappa shape index (κ2) is 5.48. The van der Waals surface area contributed by atoms with Crippen LogP contribution in [0.15, 0.2) is 36.4 Å². The maximum absolute atomic E-state index is 5.93. The number of aryl methyl sites for hydroxylation is 2. The Kier molecular flexibility index (Phi) is 3.94. The zero-order chi connectivity index (χ0) is 14.0. The van der Waals surface area contributed by atoms with E-state index in [0.717, 1.165) is 11.5 Å². The van der Waals surface area contributed by atoms with Crippen molar-refractivity contribution in [3.8, 4) is 11.5 Å². The van der Waals surface area contributed by atoms with E-state index in [9.17, 15) is 0 Å². The Bertz CT molecular complexity index is 542. The van der Waals surface area contributed by atoms with Gasteiger partial charge in [-0.3, -0.25) is 0 Å². The Hall–Kier alpha value is -1.76. The summed E-state index contributed by atoms with van der Waals surface area (Å²) in [4.78, 5) is 0. The average Bonchev–Trinajstić information content (AvgIpc) is 2.36. The average molecular weight is 254 g/mol. The van der Waals surface area contributed by atoms with E-state index in [0.29, 0.717) is 5.92 Å². The van der Waals surface area contributed by atoms with Crippen molar-refractivity contribution in [2.24, 2.45) is 0 Å². The summed E-state index contributed by atoms with van der Waals surface area (Å²) >= 11 is 0. The molecule has 2 aromatic carbocycles. The second-order valence-corrected chi connectivity index (χ2v) is 5.51. The number of hydrogen-bond donors (Lipinski definition) is 0. The molecule has 2 aromatic rings. The Balaban J connectivity index is 2.21. The zero-order valence-electron chi connectivity index (χ0n) is 12.4. The molecule has 1 heteroatoms. The summed E-state index contributed by atoms with van der Waals surface area (Å²) in [6, 6.07) is 12.5. The highest BCUT2D eigenvalue weighted by Crippen LogP contribution is 2.27. The molecule has 1 nitrogen and oxygen atoms in total. The van der Waals surface area contributed by atoms with Gasteiger partial charge in [0.05, 0.1) is 0 Å². The first kappa shape index (κ1) is 13.7. The summed E-state index contributed by atoms with van der Waals surface area (Å²) < 4.78 is 5.93. The van der Waals surface area contributed by atoms with Crippen molar-refractivity contribution in [1.29, 1.82) is 0 Å². The molecule has 0 aliphatic heterocycles. The molecule has 19 heavy (non-hydrogen) atoms. The molecule has 0 heterocycles. The van der Waals surface area contributed by atoms with Crippen molar-refractivity contribution in [2.45, 2.75) is 40.5 Å². The standard InChI is InChI=1S/C18H22O/c1-12(2)16-6-8-17(9-7-16)19-18-10-13(3)15(5)14(4)11-18/h6-12H,1-5H3. The van der Waals surface area contributed by atoms with E-state index in [2.05, 4.69) is 58.9 Å².